The molecular formula is C74H108N11O23P. The molecule has 1 unspecified atom stereocenters. The third kappa shape index (κ3) is 27.7. The highest BCUT2D eigenvalue weighted by Crippen LogP contribution is 2.48. The zero-order valence-corrected chi connectivity index (χ0v) is 65.7. The number of anilines is 1. The summed E-state index contributed by atoms with van der Waals surface area (Å²) in [6.07, 6.45) is -5.83. The van der Waals surface area contributed by atoms with Crippen LogP contribution >= 0.6 is 7.82 Å². The number of nitrogens with two attached hydrogens (primary N) is 1. The predicted molar refractivity (Wildman–Crippen MR) is 394 cm³/mol. The molecule has 0 bridgehead atoms. The molecule has 602 valence electrons. The number of ether oxygens (including phenoxy) is 4. The molecule has 1 fully saturated rings. The van der Waals surface area contributed by atoms with Crippen molar-refractivity contribution in [1.29, 1.82) is 0 Å². The third-order valence-electron chi connectivity index (χ3n) is 18.7. The lowest BCUT2D eigenvalue weighted by atomic mass is 9.88. The van der Waals surface area contributed by atoms with Gasteiger partial charge in [0.15, 0.2) is 18.2 Å². The molecule has 35 heteroatoms. The lowest BCUT2D eigenvalue weighted by Crippen LogP contribution is -2.63. The highest BCUT2D eigenvalue weighted by atomic mass is 31.2. The highest BCUT2D eigenvalue weighted by Gasteiger charge is 2.48. The number of hydrogen-bond donors (Lipinski definition) is 8. The number of imide groups is 1. The summed E-state index contributed by atoms with van der Waals surface area (Å²) in [5.74, 6) is -16.5. The molecule has 2 aliphatic rings. The first-order valence-electron chi connectivity index (χ1n) is 36.0. The van der Waals surface area contributed by atoms with Crippen LogP contribution in [0.5, 0.6) is 0 Å². The lowest BCUT2D eigenvalue weighted by Gasteiger charge is -2.38. The maximum absolute atomic E-state index is 15.5. The molecule has 0 aliphatic carbocycles. The smallest absolute Gasteiger partial charge is 0.459 e. The zero-order chi connectivity index (χ0) is 82.1. The average Bonchev–Trinajstić information content (AvgIpc) is 1.65. The second-order valence-corrected chi connectivity index (χ2v) is 29.5. The number of nitrogens with zero attached hydrogens (tertiary/aromatic N) is 4. The first kappa shape index (κ1) is 91.6. The van der Waals surface area contributed by atoms with Crippen molar-refractivity contribution in [3.8, 4) is 0 Å². The van der Waals surface area contributed by atoms with Crippen LogP contribution in [-0.4, -0.2) is 221 Å². The number of benzene rings is 2. The second kappa shape index (κ2) is 42.8. The number of esters is 3. The van der Waals surface area contributed by atoms with Crippen LogP contribution in [0.15, 0.2) is 79.0 Å². The first-order chi connectivity index (χ1) is 51.0. The minimum Gasteiger partial charge on any atom is -0.459 e. The standard InChI is InChI=1S/C74H108N11O23P/c1-18-53(87)38-54(63(41(4)5)108-109(101,102)104-39-50-26-29-52(30-27-50)79-67(93)51(25-22-35-76-74(75)100)28-31-55(40(2)3)80-57(88)34-36-85-58(89)32-33-59(85)90)71(97)107-64(42(6)7)61-70(96)84(16)62(47(12)103-17)73(99)105-46(11)60(78-48(13)86)72(98)106-56(37-49-23-20-19-21-24-49)69(95)83(15)44(9)65(91)77-43(8)68(94)82(14)45(10)66(92)81-61/h19-21,23-24,26-27,29-30,32-33,40-43,45-47,51,54-56,60-64H,9,18,22,25,28,31,34-39H2,1-8,10-17H3,(H,77,91)(H,78,86)(H,79,93)(H,80,88)(H,81,92)(H,101,102)(H3,75,76,100)/t43-,45-,46+,47+,51+,54-,55+,56+,60-,61-,62-,63+,64+/m0/s1. The van der Waals surface area contributed by atoms with E-state index in [0.717, 1.165) is 52.8 Å². The molecule has 4 rings (SSSR count). The van der Waals surface area contributed by atoms with E-state index in [9.17, 15) is 71.8 Å². The third-order valence-corrected chi connectivity index (χ3v) is 19.7. The quantitative estimate of drug-likeness (QED) is 0.0127. The van der Waals surface area contributed by atoms with Crippen molar-refractivity contribution in [3.05, 3.63) is 90.2 Å². The Kier molecular flexibility index (Phi) is 36.0. The van der Waals surface area contributed by atoms with Crippen molar-refractivity contribution in [3.63, 3.8) is 0 Å². The Balaban J connectivity index is 1.68. The number of urea groups is 1. The number of phosphoric ester groups is 1. The zero-order valence-electron chi connectivity index (χ0n) is 64.8. The van der Waals surface area contributed by atoms with Gasteiger partial charge in [-0.05, 0) is 94.4 Å². The number of carbonyl (C=O) groups excluding carboxylic acids is 15. The fraction of sp³-hybridized carbons (Fsp3) is 0.581. The fourth-order valence-corrected chi connectivity index (χ4v) is 12.9. The van der Waals surface area contributed by atoms with Crippen molar-refractivity contribution in [1.82, 2.24) is 46.2 Å². The number of methoxy groups -OCH3 is 1. The number of cyclic esters (lactones) is 2. The molecule has 9 N–H and O–H groups in total. The van der Waals surface area contributed by atoms with E-state index in [4.69, 9.17) is 33.7 Å². The number of likely N-dealkylation sites (N-methyl/N-ethyl adjacent to an activating group) is 3. The summed E-state index contributed by atoms with van der Waals surface area (Å²) in [7, 11) is -0.574. The summed E-state index contributed by atoms with van der Waals surface area (Å²) in [6, 6.07) is 4.41. The summed E-state index contributed by atoms with van der Waals surface area (Å²) >= 11 is 0. The van der Waals surface area contributed by atoms with Crippen LogP contribution in [-0.2, 0) is 113 Å². The van der Waals surface area contributed by atoms with Gasteiger partial charge >= 0.3 is 31.8 Å². The van der Waals surface area contributed by atoms with Crippen LogP contribution in [0, 0.1) is 29.6 Å². The Hall–Kier alpha value is -9.76. The Labute approximate surface area is 635 Å². The van der Waals surface area contributed by atoms with Gasteiger partial charge in [0.2, 0.25) is 35.4 Å². The van der Waals surface area contributed by atoms with Crippen LogP contribution in [0.2, 0.25) is 0 Å². The van der Waals surface area contributed by atoms with E-state index in [0.29, 0.717) is 36.1 Å². The summed E-state index contributed by atoms with van der Waals surface area (Å²) in [5.41, 5.74) is 5.83. The van der Waals surface area contributed by atoms with E-state index in [1.807, 2.05) is 13.8 Å². The normalized spacial score (nSPS) is 21.9. The van der Waals surface area contributed by atoms with Crippen molar-refractivity contribution in [2.24, 2.45) is 35.3 Å². The van der Waals surface area contributed by atoms with Gasteiger partial charge in [-0.25, -0.2) is 18.9 Å². The largest absolute Gasteiger partial charge is 0.472 e. The van der Waals surface area contributed by atoms with E-state index in [2.05, 4.69) is 38.5 Å². The van der Waals surface area contributed by atoms with E-state index >= 15 is 9.59 Å². The molecule has 0 radical (unpaired) electrons. The summed E-state index contributed by atoms with van der Waals surface area (Å²) in [6.45, 7) is 20.7. The molecule has 0 aromatic heterocycles. The number of ketones is 1. The van der Waals surface area contributed by atoms with Crippen LogP contribution in [0.4, 0.5) is 10.5 Å². The monoisotopic (exact) mass is 1550 g/mol. The molecule has 1 saturated heterocycles. The Bertz CT molecular complexity index is 3670. The number of amides is 12. The van der Waals surface area contributed by atoms with E-state index in [-0.39, 0.29) is 44.7 Å². The molecule has 14 atom stereocenters. The van der Waals surface area contributed by atoms with Gasteiger partial charge in [-0.2, -0.15) is 0 Å². The maximum atomic E-state index is 15.5. The predicted octanol–water partition coefficient (Wildman–Crippen LogP) is 3.41. The average molecular weight is 1550 g/mol. The summed E-state index contributed by atoms with van der Waals surface area (Å²) in [5, 5.41) is 15.7. The minimum atomic E-state index is -5.26. The van der Waals surface area contributed by atoms with Crippen LogP contribution < -0.4 is 37.6 Å². The highest BCUT2D eigenvalue weighted by molar-refractivity contribution is 7.47. The molecule has 0 spiro atoms. The topological polar surface area (TPSA) is 460 Å². The first-order valence-corrected chi connectivity index (χ1v) is 37.5. The molecule has 2 aromatic carbocycles. The molecule has 0 saturated carbocycles. The van der Waals surface area contributed by atoms with E-state index in [1.165, 1.54) is 101 Å². The minimum absolute atomic E-state index is 0.0903. The van der Waals surface area contributed by atoms with E-state index < -0.39 is 206 Å². The van der Waals surface area contributed by atoms with E-state index in [1.54, 1.807) is 30.3 Å². The van der Waals surface area contributed by atoms with Crippen LogP contribution in [0.1, 0.15) is 139 Å². The van der Waals surface area contributed by atoms with Crippen molar-refractivity contribution >= 4 is 102 Å². The number of phosphoric acid groups is 1. The van der Waals surface area contributed by atoms with Crippen LogP contribution in [0.3, 0.4) is 0 Å². The van der Waals surface area contributed by atoms with Gasteiger partial charge in [0.1, 0.15) is 41.8 Å². The fourth-order valence-electron chi connectivity index (χ4n) is 11.9. The molecule has 34 nitrogen and oxygen atoms in total. The number of rotatable bonds is 33. The van der Waals surface area contributed by atoms with Crippen molar-refractivity contribution in [2.75, 3.05) is 46.7 Å². The number of hydrogen-bond acceptors (Lipinski definition) is 22. The number of carbonyl (C=O) groups is 15. The summed E-state index contributed by atoms with van der Waals surface area (Å²) < 4.78 is 48.9. The van der Waals surface area contributed by atoms with Gasteiger partial charge in [-0.15, -0.1) is 0 Å². The Morgan fingerprint density at radius 2 is 1.39 bits per heavy atom. The van der Waals surface area contributed by atoms with Crippen molar-refractivity contribution in [2.45, 2.75) is 208 Å². The number of primary amides is 1. The summed E-state index contributed by atoms with van der Waals surface area (Å²) in [4.78, 5) is 221. The second-order valence-electron chi connectivity index (χ2n) is 28.0. The molecule has 2 aromatic rings. The lowest BCUT2D eigenvalue weighted by molar-refractivity contribution is -0.175. The van der Waals surface area contributed by atoms with Gasteiger partial charge in [-0.3, -0.25) is 71.5 Å². The molecule has 12 amide bonds. The van der Waals surface area contributed by atoms with Gasteiger partial charge < -0.3 is 76.2 Å². The van der Waals surface area contributed by atoms with Gasteiger partial charge in [0.25, 0.3) is 23.6 Å². The SMILES string of the molecule is C=C1C(=O)N[C@@H](C)C(=O)N(C)[C@@H](C)C(=O)N[C@@H]([C@H](OC(=O)[C@@H](CC(=O)CC)[C@H](OP(=O)(O)OCc2ccc(NC(=O)[C@H](CCCNC(N)=O)CC[C@@H](NC(=O)CCN3C(=O)C=CC3=O)C(C)C)cc2)C(C)C)C(C)C)C(=O)N(C)[C@@H]([C@@H](C)OC)C(=O)O[C@H](C)[C@H](NC(C)=O)C(=O)O[C@H](Cc2ccccc2)C(=O)N1C. The van der Waals surface area contributed by atoms with Crippen molar-refractivity contribution < 1.29 is 109 Å². The number of Topliss-reactive ketones (excluding diaryl/α,β-unsaturated/α-hetero) is 1. The maximum Gasteiger partial charge on any atom is 0.472 e. The number of nitrogens with one attached hydrogen (secondary N) is 6. The van der Waals surface area contributed by atoms with Gasteiger partial charge in [-0.1, -0.05) is 97.5 Å². The molecule has 2 heterocycles. The Morgan fingerprint density at radius 1 is 0.761 bits per heavy atom. The Morgan fingerprint density at radius 3 is 1.94 bits per heavy atom. The molecule has 2 aliphatic heterocycles. The van der Waals surface area contributed by atoms with Crippen LogP contribution in [0.25, 0.3) is 0 Å². The van der Waals surface area contributed by atoms with Gasteiger partial charge in [0.05, 0.1) is 24.7 Å². The molecule has 109 heavy (non-hydrogen) atoms. The van der Waals surface area contributed by atoms with Gasteiger partial charge in [0, 0.05) is 104 Å². The molecular weight excluding hydrogens is 1440 g/mol.